The van der Waals surface area contributed by atoms with Crippen LogP contribution in [0.5, 0.6) is 0 Å². The van der Waals surface area contributed by atoms with E-state index < -0.39 is 0 Å². The number of hydrogen-bond acceptors (Lipinski definition) is 0. The Bertz CT molecular complexity index is 101. The molecule has 54 valence electrons. The Balaban J connectivity index is 0. The van der Waals surface area contributed by atoms with Gasteiger partial charge in [-0.3, -0.25) is 0 Å². The first kappa shape index (κ1) is 11.8. The first-order valence-corrected chi connectivity index (χ1v) is 2.96. The van der Waals surface area contributed by atoms with Crippen molar-refractivity contribution in [3.63, 3.8) is 0 Å². The van der Waals surface area contributed by atoms with Gasteiger partial charge in [-0.1, -0.05) is 38.2 Å². The summed E-state index contributed by atoms with van der Waals surface area (Å²) < 4.78 is 0. The molecule has 0 aromatic heterocycles. The maximum atomic E-state index is 3.74. The molecule has 0 aliphatic heterocycles. The second kappa shape index (κ2) is 6.23. The van der Waals surface area contributed by atoms with Crippen molar-refractivity contribution in [1.29, 1.82) is 0 Å². The monoisotopic (exact) mass is 212 g/mol. The molecule has 0 heterocycles. The fourth-order valence-corrected chi connectivity index (χ4v) is 0.357. The van der Waals surface area contributed by atoms with Crippen LogP contribution < -0.4 is 0 Å². The van der Waals surface area contributed by atoms with Crippen LogP contribution in [0.25, 0.3) is 0 Å². The molecule has 0 aliphatic rings. The summed E-state index contributed by atoms with van der Waals surface area (Å²) in [7, 11) is 0. The topological polar surface area (TPSA) is 0 Å². The van der Waals surface area contributed by atoms with Crippen molar-refractivity contribution < 1.29 is 19.5 Å². The Morgan fingerprint density at radius 3 is 2.00 bits per heavy atom. The van der Waals surface area contributed by atoms with Gasteiger partial charge < -0.3 is 0 Å². The molecule has 0 nitrogen and oxygen atoms in total. The fraction of sp³-hybridized carbons (Fsp3) is 0.500. The van der Waals surface area contributed by atoms with Crippen LogP contribution >= 0.6 is 0 Å². The van der Waals surface area contributed by atoms with Crippen LogP contribution in [0, 0.1) is 5.92 Å². The minimum atomic E-state index is 0. The molecule has 0 aliphatic carbocycles. The summed E-state index contributed by atoms with van der Waals surface area (Å²) in [6.07, 6.45) is 4.19. The van der Waals surface area contributed by atoms with E-state index in [4.69, 9.17) is 0 Å². The molecule has 0 aromatic carbocycles. The van der Waals surface area contributed by atoms with E-state index in [9.17, 15) is 0 Å². The van der Waals surface area contributed by atoms with E-state index in [2.05, 4.69) is 26.5 Å². The predicted molar refractivity (Wildman–Crippen MR) is 38.8 cm³/mol. The molecule has 0 N–H and O–H groups in total. The van der Waals surface area contributed by atoms with Gasteiger partial charge in [-0.2, -0.15) is 0 Å². The van der Waals surface area contributed by atoms with Gasteiger partial charge in [0.2, 0.25) is 0 Å². The van der Waals surface area contributed by atoms with E-state index in [0.29, 0.717) is 5.92 Å². The Kier molecular flexibility index (Phi) is 8.20. The second-order valence-electron chi connectivity index (χ2n) is 2.45. The van der Waals surface area contributed by atoms with Gasteiger partial charge in [-0.15, -0.1) is 0 Å². The van der Waals surface area contributed by atoms with Crippen LogP contribution in [-0.2, 0) is 19.5 Å². The van der Waals surface area contributed by atoms with Gasteiger partial charge in [-0.25, -0.2) is 0 Å². The molecule has 0 unspecified atom stereocenters. The summed E-state index contributed by atoms with van der Waals surface area (Å²) in [5.74, 6) is 0.645. The molecule has 9 heavy (non-hydrogen) atoms. The van der Waals surface area contributed by atoms with E-state index in [1.165, 1.54) is 0 Å². The summed E-state index contributed by atoms with van der Waals surface area (Å²) in [6, 6.07) is 0. The Morgan fingerprint density at radius 2 is 1.89 bits per heavy atom. The summed E-state index contributed by atoms with van der Waals surface area (Å²) in [6.45, 7) is 10.0. The number of allylic oxidation sites excluding steroid dienone is 3. The molecular formula is C8H14Ru. The Hall–Kier alpha value is 0.103. The van der Waals surface area contributed by atoms with Gasteiger partial charge in [0, 0.05) is 19.5 Å². The van der Waals surface area contributed by atoms with Crippen molar-refractivity contribution >= 4 is 0 Å². The maximum absolute atomic E-state index is 3.74. The third kappa shape index (κ3) is 11.6. The normalized spacial score (nSPS) is 9.78. The molecule has 0 atom stereocenters. The number of hydrogen-bond donors (Lipinski definition) is 0. The van der Waals surface area contributed by atoms with E-state index in [1.54, 1.807) is 0 Å². The average Bonchev–Trinajstić information content (AvgIpc) is 1.61. The average molecular weight is 211 g/mol. The van der Waals surface area contributed by atoms with Crippen molar-refractivity contribution in [3.05, 3.63) is 24.3 Å². The largest absolute Gasteiger partial charge is 0.0961 e. The summed E-state index contributed by atoms with van der Waals surface area (Å²) in [5.41, 5.74) is 1.12. The van der Waals surface area contributed by atoms with Crippen LogP contribution in [0.15, 0.2) is 24.3 Å². The van der Waals surface area contributed by atoms with Gasteiger partial charge in [0.15, 0.2) is 0 Å². The molecule has 0 fully saturated rings. The number of rotatable bonds is 2. The molecule has 0 saturated carbocycles. The molecule has 0 spiro atoms. The molecule has 0 amide bonds. The molecular weight excluding hydrogens is 197 g/mol. The zero-order valence-electron chi connectivity index (χ0n) is 6.29. The molecule has 0 radical (unpaired) electrons. The molecule has 0 bridgehead atoms. The van der Waals surface area contributed by atoms with Crippen molar-refractivity contribution in [2.24, 2.45) is 5.92 Å². The predicted octanol–water partition coefficient (Wildman–Crippen LogP) is 2.77. The van der Waals surface area contributed by atoms with Gasteiger partial charge in [0.05, 0.1) is 0 Å². The Labute approximate surface area is 70.8 Å². The van der Waals surface area contributed by atoms with Crippen LogP contribution in [0.2, 0.25) is 0 Å². The quantitative estimate of drug-likeness (QED) is 0.486. The van der Waals surface area contributed by atoms with Crippen molar-refractivity contribution in [2.75, 3.05) is 0 Å². The zero-order chi connectivity index (χ0) is 6.57. The standard InChI is InChI=1S/C8H14.Ru/c1-7(2)5-6-8(3)4;/h5-6,8H,1H2,2-4H3;. The van der Waals surface area contributed by atoms with Crippen LogP contribution in [0.1, 0.15) is 20.8 Å². The summed E-state index contributed by atoms with van der Waals surface area (Å²) in [4.78, 5) is 0. The van der Waals surface area contributed by atoms with E-state index in [0.717, 1.165) is 5.57 Å². The van der Waals surface area contributed by atoms with Crippen LogP contribution in [0.3, 0.4) is 0 Å². The Morgan fingerprint density at radius 1 is 1.44 bits per heavy atom. The molecule has 0 saturated heterocycles. The van der Waals surface area contributed by atoms with Crippen LogP contribution in [0.4, 0.5) is 0 Å². The maximum Gasteiger partial charge on any atom is 0 e. The van der Waals surface area contributed by atoms with Crippen molar-refractivity contribution in [2.45, 2.75) is 20.8 Å². The van der Waals surface area contributed by atoms with Gasteiger partial charge in [0.1, 0.15) is 0 Å². The summed E-state index contributed by atoms with van der Waals surface area (Å²) in [5, 5.41) is 0. The zero-order valence-corrected chi connectivity index (χ0v) is 8.03. The first-order chi connectivity index (χ1) is 3.63. The van der Waals surface area contributed by atoms with Gasteiger partial charge >= 0.3 is 0 Å². The van der Waals surface area contributed by atoms with Gasteiger partial charge in [-0.05, 0) is 12.8 Å². The molecule has 0 rings (SSSR count). The van der Waals surface area contributed by atoms with E-state index in [-0.39, 0.29) is 19.5 Å². The summed E-state index contributed by atoms with van der Waals surface area (Å²) >= 11 is 0. The van der Waals surface area contributed by atoms with Gasteiger partial charge in [0.25, 0.3) is 0 Å². The smallest absolute Gasteiger partial charge is 0 e. The van der Waals surface area contributed by atoms with Crippen molar-refractivity contribution in [3.8, 4) is 0 Å². The van der Waals surface area contributed by atoms with E-state index in [1.807, 2.05) is 13.0 Å². The third-order valence-corrected chi connectivity index (χ3v) is 0.766. The van der Waals surface area contributed by atoms with E-state index >= 15 is 0 Å². The molecule has 1 heteroatoms. The fourth-order valence-electron chi connectivity index (χ4n) is 0.357. The molecule has 0 aromatic rings. The van der Waals surface area contributed by atoms with Crippen molar-refractivity contribution in [1.82, 2.24) is 0 Å². The van der Waals surface area contributed by atoms with Crippen LogP contribution in [-0.4, -0.2) is 0 Å². The second-order valence-corrected chi connectivity index (χ2v) is 2.45. The first-order valence-electron chi connectivity index (χ1n) is 2.96. The third-order valence-electron chi connectivity index (χ3n) is 0.766. The minimum absolute atomic E-state index is 0. The SMILES string of the molecule is C=C(C)C=CC(C)C.[Ru]. The minimum Gasteiger partial charge on any atom is -0.0961 e.